The Hall–Kier alpha value is -3.18. The van der Waals surface area contributed by atoms with Crippen LogP contribution in [-0.2, 0) is 4.74 Å². The molecule has 0 radical (unpaired) electrons. The van der Waals surface area contributed by atoms with Crippen LogP contribution in [0.15, 0.2) is 53.6 Å². The molecule has 1 heterocycles. The number of aliphatic hydroxyl groups is 4. The molecule has 0 spiro atoms. The van der Waals surface area contributed by atoms with Gasteiger partial charge in [0, 0.05) is 23.6 Å². The lowest BCUT2D eigenvalue weighted by Gasteiger charge is -2.39. The van der Waals surface area contributed by atoms with Gasteiger partial charge in [-0.2, -0.15) is 0 Å². The van der Waals surface area contributed by atoms with Crippen molar-refractivity contribution in [3.8, 4) is 16.9 Å². The number of hydrogen-bond donors (Lipinski definition) is 5. The van der Waals surface area contributed by atoms with Gasteiger partial charge < -0.3 is 35.2 Å². The van der Waals surface area contributed by atoms with E-state index in [4.69, 9.17) is 15.0 Å². The first kappa shape index (κ1) is 24.5. The maximum absolute atomic E-state index is 12.2. The topological polar surface area (TPSA) is 177 Å². The lowest BCUT2D eigenvalue weighted by Crippen LogP contribution is -2.60. The highest BCUT2D eigenvalue weighted by Gasteiger charge is 2.44. The smallest absolute Gasteiger partial charge is 0.251 e. The third-order valence-electron chi connectivity index (χ3n) is 5.22. The van der Waals surface area contributed by atoms with E-state index in [1.54, 1.807) is 36.4 Å². The third kappa shape index (κ3) is 6.20. The molecule has 1 aliphatic heterocycles. The van der Waals surface area contributed by atoms with E-state index < -0.39 is 37.3 Å². The summed E-state index contributed by atoms with van der Waals surface area (Å²) in [5.41, 5.74) is 10.5. The summed E-state index contributed by atoms with van der Waals surface area (Å²) in [5, 5.41) is 45.2. The average molecular weight is 458 g/mol. The Balaban J connectivity index is 1.58. The van der Waals surface area contributed by atoms with Crippen molar-refractivity contribution >= 4 is 5.91 Å². The molecule has 11 nitrogen and oxygen atoms in total. The predicted octanol–water partition coefficient (Wildman–Crippen LogP) is 0.962. The highest BCUT2D eigenvalue weighted by Crippen LogP contribution is 2.27. The summed E-state index contributed by atoms with van der Waals surface area (Å²) in [6.45, 7) is 0.203. The monoisotopic (exact) mass is 458 g/mol. The number of ether oxygens (including phenoxy) is 2. The Labute approximate surface area is 189 Å². The number of aliphatic hydroxyl groups excluding tert-OH is 4. The van der Waals surface area contributed by atoms with Crippen molar-refractivity contribution in [3.05, 3.63) is 64.5 Å². The summed E-state index contributed by atoms with van der Waals surface area (Å²) >= 11 is 0. The van der Waals surface area contributed by atoms with Crippen LogP contribution in [0.3, 0.4) is 0 Å². The van der Waals surface area contributed by atoms with E-state index in [-0.39, 0.29) is 5.91 Å². The van der Waals surface area contributed by atoms with Gasteiger partial charge in [0.15, 0.2) is 0 Å². The number of benzene rings is 2. The number of carbonyl (C=O) groups excluding carboxylic acids is 1. The highest BCUT2D eigenvalue weighted by molar-refractivity contribution is 5.94. The summed E-state index contributed by atoms with van der Waals surface area (Å²) in [4.78, 5) is 14.8. The molecule has 1 fully saturated rings. The summed E-state index contributed by atoms with van der Waals surface area (Å²) in [6.07, 6.45) is -6.19. The molecule has 0 aliphatic carbocycles. The Bertz CT molecular complexity index is 962. The van der Waals surface area contributed by atoms with E-state index in [2.05, 4.69) is 15.3 Å². The van der Waals surface area contributed by atoms with Crippen molar-refractivity contribution < 1.29 is 34.7 Å². The van der Waals surface area contributed by atoms with E-state index in [9.17, 15) is 25.2 Å². The number of azide groups is 1. The van der Waals surface area contributed by atoms with Crippen molar-refractivity contribution in [2.45, 2.75) is 37.1 Å². The summed E-state index contributed by atoms with van der Waals surface area (Å²) < 4.78 is 10.9. The molecule has 0 saturated carbocycles. The molecule has 0 unspecified atom stereocenters. The standard InChI is InChI=1S/C22H26N4O7/c23-26-25-11-1-10-24-21(31)15-4-2-13(3-5-15)14-6-8-16(9-7-14)32-22-20(30)19(29)18(28)17(12-27)33-22/h2-9,17-20,22,27-30H,1,10-12H2,(H,24,31)/t17-,18+,19+,20-,22-/m1/s1. The number of carbonyl (C=O) groups is 1. The van der Waals surface area contributed by atoms with E-state index in [0.29, 0.717) is 30.8 Å². The molecule has 1 saturated heterocycles. The molecular formula is C22H26N4O7. The van der Waals surface area contributed by atoms with Gasteiger partial charge in [-0.1, -0.05) is 29.4 Å². The predicted molar refractivity (Wildman–Crippen MR) is 117 cm³/mol. The first-order chi connectivity index (χ1) is 15.9. The zero-order chi connectivity index (χ0) is 23.8. The van der Waals surface area contributed by atoms with Crippen molar-refractivity contribution in [1.82, 2.24) is 5.32 Å². The van der Waals surface area contributed by atoms with E-state index in [1.165, 1.54) is 0 Å². The normalized spacial score (nSPS) is 24.5. The number of nitrogens with zero attached hydrogens (tertiary/aromatic N) is 3. The van der Waals surface area contributed by atoms with Crippen LogP contribution in [-0.4, -0.2) is 76.7 Å². The van der Waals surface area contributed by atoms with Crippen molar-refractivity contribution in [2.24, 2.45) is 5.11 Å². The minimum Gasteiger partial charge on any atom is -0.462 e. The van der Waals surface area contributed by atoms with Gasteiger partial charge in [0.25, 0.3) is 5.91 Å². The Morgan fingerprint density at radius 1 is 1.03 bits per heavy atom. The molecule has 5 N–H and O–H groups in total. The first-order valence-corrected chi connectivity index (χ1v) is 10.4. The van der Waals surface area contributed by atoms with E-state index >= 15 is 0 Å². The fraction of sp³-hybridized carbons (Fsp3) is 0.409. The van der Waals surface area contributed by atoms with Gasteiger partial charge in [0.1, 0.15) is 30.2 Å². The molecule has 5 atom stereocenters. The van der Waals surface area contributed by atoms with E-state index in [0.717, 1.165) is 11.1 Å². The molecule has 1 amide bonds. The van der Waals surface area contributed by atoms with Crippen LogP contribution in [0.5, 0.6) is 5.75 Å². The SMILES string of the molecule is [N-]=[N+]=NCCCNC(=O)c1ccc(-c2ccc(O[C@@H]3O[C@H](CO)[C@H](O)[C@H](O)[C@H]3O)cc2)cc1. The maximum Gasteiger partial charge on any atom is 0.251 e. The Morgan fingerprint density at radius 2 is 1.67 bits per heavy atom. The minimum absolute atomic E-state index is 0.217. The first-order valence-electron chi connectivity index (χ1n) is 10.4. The van der Waals surface area contributed by atoms with Crippen LogP contribution in [0.25, 0.3) is 21.6 Å². The second-order valence-electron chi connectivity index (χ2n) is 7.48. The quantitative estimate of drug-likeness (QED) is 0.161. The fourth-order valence-electron chi connectivity index (χ4n) is 3.34. The summed E-state index contributed by atoms with van der Waals surface area (Å²) in [7, 11) is 0. The van der Waals surface area contributed by atoms with Crippen molar-refractivity contribution in [1.29, 1.82) is 0 Å². The molecule has 11 heteroatoms. The number of nitrogens with one attached hydrogen (secondary N) is 1. The zero-order valence-electron chi connectivity index (χ0n) is 17.7. The van der Waals surface area contributed by atoms with Crippen molar-refractivity contribution in [2.75, 3.05) is 19.7 Å². The van der Waals surface area contributed by atoms with Crippen LogP contribution in [0.1, 0.15) is 16.8 Å². The van der Waals surface area contributed by atoms with Gasteiger partial charge in [-0.15, -0.1) is 0 Å². The van der Waals surface area contributed by atoms with Crippen LogP contribution in [0.4, 0.5) is 0 Å². The van der Waals surface area contributed by atoms with E-state index in [1.807, 2.05) is 12.1 Å². The summed E-state index contributed by atoms with van der Waals surface area (Å²) in [6, 6.07) is 13.9. The molecule has 2 aromatic rings. The fourth-order valence-corrected chi connectivity index (χ4v) is 3.34. The number of hydrogen-bond acceptors (Lipinski definition) is 8. The summed E-state index contributed by atoms with van der Waals surface area (Å²) in [5.74, 6) is 0.144. The van der Waals surface area contributed by atoms with Crippen LogP contribution in [0.2, 0.25) is 0 Å². The van der Waals surface area contributed by atoms with Gasteiger partial charge in [-0.3, -0.25) is 4.79 Å². The number of amides is 1. The van der Waals surface area contributed by atoms with Crippen LogP contribution >= 0.6 is 0 Å². The second kappa shape index (κ2) is 11.6. The minimum atomic E-state index is -1.51. The Morgan fingerprint density at radius 3 is 2.27 bits per heavy atom. The molecule has 1 aliphatic rings. The lowest BCUT2D eigenvalue weighted by atomic mass is 9.99. The third-order valence-corrected chi connectivity index (χ3v) is 5.22. The van der Waals surface area contributed by atoms with Gasteiger partial charge >= 0.3 is 0 Å². The molecule has 2 aromatic carbocycles. The molecule has 0 bridgehead atoms. The lowest BCUT2D eigenvalue weighted by molar-refractivity contribution is -0.277. The van der Waals surface area contributed by atoms with Gasteiger partial charge in [0.2, 0.25) is 6.29 Å². The van der Waals surface area contributed by atoms with Gasteiger partial charge in [0.05, 0.1) is 6.61 Å². The molecular weight excluding hydrogens is 432 g/mol. The van der Waals surface area contributed by atoms with Crippen LogP contribution < -0.4 is 10.1 Å². The zero-order valence-corrected chi connectivity index (χ0v) is 17.7. The molecule has 176 valence electrons. The van der Waals surface area contributed by atoms with Gasteiger partial charge in [-0.25, -0.2) is 0 Å². The largest absolute Gasteiger partial charge is 0.462 e. The van der Waals surface area contributed by atoms with Crippen molar-refractivity contribution in [3.63, 3.8) is 0 Å². The maximum atomic E-state index is 12.2. The van der Waals surface area contributed by atoms with Gasteiger partial charge in [-0.05, 0) is 47.3 Å². The highest BCUT2D eigenvalue weighted by atomic mass is 16.7. The second-order valence-corrected chi connectivity index (χ2v) is 7.48. The average Bonchev–Trinajstić information content (AvgIpc) is 2.84. The Kier molecular flexibility index (Phi) is 8.61. The van der Waals surface area contributed by atoms with Crippen LogP contribution in [0, 0.1) is 0 Å². The molecule has 0 aromatic heterocycles. The molecule has 33 heavy (non-hydrogen) atoms. The number of rotatable bonds is 9. The molecule has 3 rings (SSSR count).